The maximum atomic E-state index is 12.4. The first kappa shape index (κ1) is 13.6. The van der Waals surface area contributed by atoms with Crippen molar-refractivity contribution in [1.82, 2.24) is 4.72 Å². The molecule has 23 heavy (non-hydrogen) atoms. The van der Waals surface area contributed by atoms with Crippen molar-refractivity contribution in [2.24, 2.45) is 0 Å². The van der Waals surface area contributed by atoms with Gasteiger partial charge in [0.05, 0.1) is 22.4 Å². The zero-order valence-corrected chi connectivity index (χ0v) is 12.3. The third-order valence-corrected chi connectivity index (χ3v) is 5.15. The second-order valence-corrected chi connectivity index (χ2v) is 6.76. The first-order valence-corrected chi connectivity index (χ1v) is 8.07. The molecule has 2 aliphatic heterocycles. The zero-order chi connectivity index (χ0) is 16.4. The number of carbonyl (C=O) groups is 3. The van der Waals surface area contributed by atoms with E-state index < -0.39 is 27.7 Å². The van der Waals surface area contributed by atoms with Gasteiger partial charge in [0.15, 0.2) is 0 Å². The van der Waals surface area contributed by atoms with E-state index in [0.29, 0.717) is 0 Å². The highest BCUT2D eigenvalue weighted by atomic mass is 32.2. The third-order valence-electron chi connectivity index (χ3n) is 3.78. The van der Waals surface area contributed by atoms with E-state index in [-0.39, 0.29) is 27.3 Å². The molecule has 2 aliphatic rings. The summed E-state index contributed by atoms with van der Waals surface area (Å²) in [5, 5.41) is 0. The number of benzene rings is 2. The monoisotopic (exact) mass is 328 g/mol. The van der Waals surface area contributed by atoms with E-state index in [1.54, 1.807) is 12.1 Å². The molecule has 0 bridgehead atoms. The molecule has 3 amide bonds. The topological polar surface area (TPSA) is 101 Å². The summed E-state index contributed by atoms with van der Waals surface area (Å²) < 4.78 is 25.6. The largest absolute Gasteiger partial charge is 0.268 e. The van der Waals surface area contributed by atoms with E-state index in [2.05, 4.69) is 0 Å². The number of rotatable bonds is 1. The Kier molecular flexibility index (Phi) is 2.53. The molecule has 8 heteroatoms. The Labute approximate surface area is 130 Å². The van der Waals surface area contributed by atoms with Gasteiger partial charge in [-0.05, 0) is 30.3 Å². The van der Waals surface area contributed by atoms with E-state index in [4.69, 9.17) is 0 Å². The number of anilines is 1. The summed E-state index contributed by atoms with van der Waals surface area (Å²) in [5.74, 6) is -1.78. The summed E-state index contributed by atoms with van der Waals surface area (Å²) in [6.45, 7) is 0. The molecule has 0 saturated carbocycles. The number of amides is 3. The van der Waals surface area contributed by atoms with Crippen LogP contribution in [-0.2, 0) is 10.0 Å². The summed E-state index contributed by atoms with van der Waals surface area (Å²) in [5.41, 5.74) is 0.616. The van der Waals surface area contributed by atoms with E-state index in [9.17, 15) is 22.8 Å². The summed E-state index contributed by atoms with van der Waals surface area (Å²) >= 11 is 0. The smallest absolute Gasteiger partial charge is 0.266 e. The molecule has 1 N–H and O–H groups in total. The highest BCUT2D eigenvalue weighted by Crippen LogP contribution is 2.32. The van der Waals surface area contributed by atoms with Gasteiger partial charge in [-0.2, -0.15) is 0 Å². The van der Waals surface area contributed by atoms with Crippen LogP contribution in [0.2, 0.25) is 0 Å². The SMILES string of the molecule is O=C1NS(=O)(=O)c2cc(N3C(=O)c4ccccc4C3=O)ccc21. The molecule has 0 saturated heterocycles. The Morgan fingerprint density at radius 3 is 2.04 bits per heavy atom. The minimum Gasteiger partial charge on any atom is -0.268 e. The van der Waals surface area contributed by atoms with Crippen LogP contribution in [0.1, 0.15) is 31.1 Å². The van der Waals surface area contributed by atoms with Gasteiger partial charge in [-0.25, -0.2) is 18.0 Å². The number of nitrogens with zero attached hydrogens (tertiary/aromatic N) is 1. The first-order valence-electron chi connectivity index (χ1n) is 6.59. The minimum atomic E-state index is -3.96. The van der Waals surface area contributed by atoms with E-state index >= 15 is 0 Å². The summed E-state index contributed by atoms with van der Waals surface area (Å²) in [6.07, 6.45) is 0. The molecule has 7 nitrogen and oxygen atoms in total. The van der Waals surface area contributed by atoms with Crippen molar-refractivity contribution in [3.63, 3.8) is 0 Å². The van der Waals surface area contributed by atoms with Crippen molar-refractivity contribution in [2.45, 2.75) is 4.90 Å². The highest BCUT2D eigenvalue weighted by molar-refractivity contribution is 7.90. The van der Waals surface area contributed by atoms with Gasteiger partial charge in [0.2, 0.25) is 0 Å². The number of carbonyl (C=O) groups excluding carboxylic acids is 3. The second kappa shape index (κ2) is 4.26. The lowest BCUT2D eigenvalue weighted by Crippen LogP contribution is -2.29. The fourth-order valence-corrected chi connectivity index (χ4v) is 3.91. The van der Waals surface area contributed by atoms with E-state index in [1.807, 2.05) is 4.72 Å². The lowest BCUT2D eigenvalue weighted by Gasteiger charge is -2.14. The van der Waals surface area contributed by atoms with Gasteiger partial charge in [-0.1, -0.05) is 12.1 Å². The molecule has 0 radical (unpaired) electrons. The zero-order valence-electron chi connectivity index (χ0n) is 11.4. The number of imide groups is 1. The number of fused-ring (bicyclic) bond motifs is 2. The lowest BCUT2D eigenvalue weighted by molar-refractivity contribution is 0.0924. The number of hydrogen-bond acceptors (Lipinski definition) is 5. The van der Waals surface area contributed by atoms with Crippen LogP contribution in [-0.4, -0.2) is 26.1 Å². The molecule has 0 atom stereocenters. The molecule has 0 fully saturated rings. The van der Waals surface area contributed by atoms with Crippen molar-refractivity contribution >= 4 is 33.4 Å². The first-order chi connectivity index (χ1) is 10.9. The highest BCUT2D eigenvalue weighted by Gasteiger charge is 2.39. The fourth-order valence-electron chi connectivity index (χ4n) is 2.72. The van der Waals surface area contributed by atoms with E-state index in [1.165, 1.54) is 24.3 Å². The van der Waals surface area contributed by atoms with Gasteiger partial charge >= 0.3 is 0 Å². The van der Waals surface area contributed by atoms with Crippen LogP contribution in [0.4, 0.5) is 5.69 Å². The Morgan fingerprint density at radius 2 is 1.43 bits per heavy atom. The van der Waals surface area contributed by atoms with Gasteiger partial charge in [0.1, 0.15) is 4.90 Å². The van der Waals surface area contributed by atoms with Crippen LogP contribution in [0, 0.1) is 0 Å². The van der Waals surface area contributed by atoms with Crippen LogP contribution in [0.5, 0.6) is 0 Å². The molecule has 0 spiro atoms. The predicted octanol–water partition coefficient (Wildman–Crippen LogP) is 0.919. The summed E-state index contributed by atoms with van der Waals surface area (Å²) in [4.78, 5) is 37.1. The maximum absolute atomic E-state index is 12.4. The van der Waals surface area contributed by atoms with Crippen molar-refractivity contribution in [3.05, 3.63) is 59.2 Å². The Morgan fingerprint density at radius 1 is 0.826 bits per heavy atom. The Bertz CT molecular complexity index is 991. The Hall–Kier alpha value is -3.00. The van der Waals surface area contributed by atoms with Crippen molar-refractivity contribution in [1.29, 1.82) is 0 Å². The van der Waals surface area contributed by atoms with Crippen molar-refractivity contribution in [3.8, 4) is 0 Å². The molecular formula is C15H8N2O5S. The van der Waals surface area contributed by atoms with Gasteiger partial charge in [0.25, 0.3) is 27.7 Å². The summed E-state index contributed by atoms with van der Waals surface area (Å²) in [6, 6.07) is 10.2. The fraction of sp³-hybridized carbons (Fsp3) is 0. The Balaban J connectivity index is 1.87. The number of sulfonamides is 1. The predicted molar refractivity (Wildman–Crippen MR) is 78.7 cm³/mol. The molecule has 2 aromatic rings. The molecule has 0 aromatic heterocycles. The normalized spacial score (nSPS) is 17.9. The van der Waals surface area contributed by atoms with Crippen LogP contribution >= 0.6 is 0 Å². The van der Waals surface area contributed by atoms with Crippen molar-refractivity contribution in [2.75, 3.05) is 4.90 Å². The van der Waals surface area contributed by atoms with Crippen LogP contribution in [0.3, 0.4) is 0 Å². The minimum absolute atomic E-state index is 0.00893. The van der Waals surface area contributed by atoms with Gasteiger partial charge in [-0.3, -0.25) is 14.4 Å². The van der Waals surface area contributed by atoms with Crippen LogP contribution in [0.25, 0.3) is 0 Å². The molecule has 4 rings (SSSR count). The molecule has 2 aromatic carbocycles. The van der Waals surface area contributed by atoms with Gasteiger partial charge < -0.3 is 0 Å². The average molecular weight is 328 g/mol. The molecule has 114 valence electrons. The van der Waals surface area contributed by atoms with E-state index in [0.717, 1.165) is 11.0 Å². The summed E-state index contributed by atoms with van der Waals surface area (Å²) in [7, 11) is -3.96. The molecular weight excluding hydrogens is 320 g/mol. The lowest BCUT2D eigenvalue weighted by atomic mass is 10.1. The van der Waals surface area contributed by atoms with Gasteiger partial charge in [0, 0.05) is 0 Å². The number of hydrogen-bond donors (Lipinski definition) is 1. The van der Waals surface area contributed by atoms with Crippen LogP contribution < -0.4 is 9.62 Å². The number of nitrogens with one attached hydrogen (secondary N) is 1. The molecule has 0 unspecified atom stereocenters. The molecule has 2 heterocycles. The average Bonchev–Trinajstić information content (AvgIpc) is 2.91. The van der Waals surface area contributed by atoms with Gasteiger partial charge in [-0.15, -0.1) is 0 Å². The quantitative estimate of drug-likeness (QED) is 0.785. The molecule has 0 aliphatic carbocycles. The second-order valence-electron chi connectivity index (χ2n) is 5.11. The maximum Gasteiger partial charge on any atom is 0.266 e. The standard InChI is InChI=1S/C15H8N2O5S/c18-13-11-6-5-8(7-12(11)23(21,22)16-13)17-14(19)9-3-1-2-4-10(9)15(17)20/h1-7H,(H,16,18). The van der Waals surface area contributed by atoms with Crippen molar-refractivity contribution < 1.29 is 22.8 Å². The third kappa shape index (κ3) is 1.75. The van der Waals surface area contributed by atoms with Crippen LogP contribution in [0.15, 0.2) is 47.4 Å².